The molecule has 0 spiro atoms. The van der Waals surface area contributed by atoms with E-state index in [1.165, 1.54) is 0 Å². The number of aliphatic hydroxyl groups excluding tert-OH is 1. The van der Waals surface area contributed by atoms with Crippen molar-refractivity contribution in [1.29, 1.82) is 0 Å². The summed E-state index contributed by atoms with van der Waals surface area (Å²) in [5, 5.41) is 13.0. The summed E-state index contributed by atoms with van der Waals surface area (Å²) in [6.07, 6.45) is 1.76. The van der Waals surface area contributed by atoms with Gasteiger partial charge in [0, 0.05) is 18.2 Å². The lowest BCUT2D eigenvalue weighted by Crippen LogP contribution is -2.25. The maximum atomic E-state index is 14.1. The molecule has 3 rings (SSSR count). The molecule has 0 amide bonds. The van der Waals surface area contributed by atoms with Gasteiger partial charge < -0.3 is 15.3 Å². The maximum Gasteiger partial charge on any atom is 0.226 e. The smallest absolute Gasteiger partial charge is 0.226 e. The number of anilines is 1. The summed E-state index contributed by atoms with van der Waals surface area (Å²) in [6.45, 7) is 3.76. The van der Waals surface area contributed by atoms with Crippen LogP contribution in [-0.4, -0.2) is 57.2 Å². The topological polar surface area (TPSA) is 74.2 Å². The Kier molecular flexibility index (Phi) is 4.35. The van der Waals surface area contributed by atoms with Crippen molar-refractivity contribution in [3.8, 4) is 0 Å². The van der Waals surface area contributed by atoms with Crippen LogP contribution in [-0.2, 0) is 0 Å². The lowest BCUT2D eigenvalue weighted by molar-refractivity contribution is 0.165. The van der Waals surface area contributed by atoms with Gasteiger partial charge >= 0.3 is 0 Å². The van der Waals surface area contributed by atoms with E-state index < -0.39 is 11.9 Å². The normalized spacial score (nSPS) is 26.5. The average molecular weight is 307 g/mol. The molecular formula is C15H22FN5O. The Balaban J connectivity index is 1.85. The van der Waals surface area contributed by atoms with Gasteiger partial charge in [-0.05, 0) is 46.2 Å². The van der Waals surface area contributed by atoms with Crippen LogP contribution < -0.4 is 5.32 Å². The molecule has 1 fully saturated rings. The average Bonchev–Trinajstić information content (AvgIpc) is 2.86. The number of nitrogens with zero attached hydrogens (tertiary/aromatic N) is 4. The number of nitrogens with one attached hydrogen (secondary N) is 1. The van der Waals surface area contributed by atoms with E-state index >= 15 is 0 Å². The first-order chi connectivity index (χ1) is 10.5. The molecule has 2 heterocycles. The molecular weight excluding hydrogens is 285 g/mol. The molecule has 1 aromatic heterocycles. The molecule has 7 heteroatoms. The van der Waals surface area contributed by atoms with Crippen LogP contribution in [0.15, 0.2) is 5.83 Å². The van der Waals surface area contributed by atoms with Gasteiger partial charge in [0.25, 0.3) is 0 Å². The zero-order valence-corrected chi connectivity index (χ0v) is 13.0. The van der Waals surface area contributed by atoms with Crippen molar-refractivity contribution in [2.75, 3.05) is 25.5 Å². The number of hydrogen-bond donors (Lipinski definition) is 2. The monoisotopic (exact) mass is 307 g/mol. The number of aromatic nitrogens is 3. The summed E-state index contributed by atoms with van der Waals surface area (Å²) in [6, 6.07) is 0.301. The fraction of sp³-hybridized carbons (Fsp3) is 0.667. The van der Waals surface area contributed by atoms with Gasteiger partial charge in [-0.2, -0.15) is 9.97 Å². The Morgan fingerprint density at radius 2 is 2.09 bits per heavy atom. The minimum atomic E-state index is -1.03. The molecule has 1 saturated heterocycles. The summed E-state index contributed by atoms with van der Waals surface area (Å²) in [5.41, 5.74) is 0.413. The van der Waals surface area contributed by atoms with E-state index in [9.17, 15) is 9.50 Å². The molecule has 1 aromatic rings. The van der Waals surface area contributed by atoms with Gasteiger partial charge in [-0.1, -0.05) is 0 Å². The molecule has 2 atom stereocenters. The van der Waals surface area contributed by atoms with E-state index in [0.717, 1.165) is 25.9 Å². The SMILES string of the molecule is Cc1nc(N[C@@H]2CCN(C)C2)nc(C2=C(F)C(O)CCC2)n1. The highest BCUT2D eigenvalue weighted by Gasteiger charge is 2.25. The molecule has 0 aromatic carbocycles. The fourth-order valence-electron chi connectivity index (χ4n) is 3.05. The van der Waals surface area contributed by atoms with Crippen LogP contribution in [0.4, 0.5) is 10.3 Å². The lowest BCUT2D eigenvalue weighted by Gasteiger charge is -2.19. The minimum Gasteiger partial charge on any atom is -0.386 e. The number of hydrogen-bond acceptors (Lipinski definition) is 6. The van der Waals surface area contributed by atoms with E-state index in [1.54, 1.807) is 6.92 Å². The second-order valence-electron chi connectivity index (χ2n) is 6.16. The van der Waals surface area contributed by atoms with Crippen molar-refractivity contribution in [3.63, 3.8) is 0 Å². The Hall–Kier alpha value is -1.60. The van der Waals surface area contributed by atoms with Gasteiger partial charge in [0.05, 0.1) is 0 Å². The van der Waals surface area contributed by atoms with E-state index in [-0.39, 0.29) is 0 Å². The molecule has 0 saturated carbocycles. The largest absolute Gasteiger partial charge is 0.386 e. The number of rotatable bonds is 3. The number of halogens is 1. The molecule has 120 valence electrons. The number of aryl methyl sites for hydroxylation is 1. The standard InChI is InChI=1S/C15H22FN5O/c1-9-17-14(11-4-3-5-12(22)13(11)16)20-15(18-9)19-10-6-7-21(2)8-10/h10,12,22H,3-8H2,1-2H3,(H,17,18,19,20)/t10-,12?/m1/s1. The highest BCUT2D eigenvalue weighted by atomic mass is 19.1. The maximum absolute atomic E-state index is 14.1. The summed E-state index contributed by atoms with van der Waals surface area (Å²) in [7, 11) is 2.08. The summed E-state index contributed by atoms with van der Waals surface area (Å²) >= 11 is 0. The third-order valence-corrected chi connectivity index (χ3v) is 4.23. The highest BCUT2D eigenvalue weighted by molar-refractivity contribution is 5.64. The molecule has 22 heavy (non-hydrogen) atoms. The summed E-state index contributed by atoms with van der Waals surface area (Å²) in [4.78, 5) is 15.2. The van der Waals surface area contributed by atoms with Crippen molar-refractivity contribution < 1.29 is 9.50 Å². The van der Waals surface area contributed by atoms with Gasteiger partial charge in [0.1, 0.15) is 17.8 Å². The third-order valence-electron chi connectivity index (χ3n) is 4.23. The Morgan fingerprint density at radius 1 is 1.27 bits per heavy atom. The van der Waals surface area contributed by atoms with Gasteiger partial charge in [-0.25, -0.2) is 9.37 Å². The molecule has 1 aliphatic carbocycles. The van der Waals surface area contributed by atoms with Crippen molar-refractivity contribution >= 4 is 11.5 Å². The van der Waals surface area contributed by atoms with Crippen molar-refractivity contribution in [2.24, 2.45) is 0 Å². The predicted octanol–water partition coefficient (Wildman–Crippen LogP) is 1.52. The molecule has 2 N–H and O–H groups in total. The first kappa shape index (κ1) is 15.3. The molecule has 1 unspecified atom stereocenters. The fourth-order valence-corrected chi connectivity index (χ4v) is 3.05. The summed E-state index contributed by atoms with van der Waals surface area (Å²) in [5.74, 6) is 0.892. The van der Waals surface area contributed by atoms with Crippen molar-refractivity contribution in [2.45, 2.75) is 44.8 Å². The third kappa shape index (κ3) is 3.25. The van der Waals surface area contributed by atoms with Crippen LogP contribution in [0.1, 0.15) is 37.3 Å². The van der Waals surface area contributed by atoms with Crippen LogP contribution in [0.3, 0.4) is 0 Å². The van der Waals surface area contributed by atoms with Crippen LogP contribution in [0, 0.1) is 6.92 Å². The van der Waals surface area contributed by atoms with Crippen LogP contribution in [0.25, 0.3) is 5.57 Å². The van der Waals surface area contributed by atoms with E-state index in [1.807, 2.05) is 0 Å². The number of likely N-dealkylation sites (N-methyl/N-ethyl adjacent to an activating group) is 1. The quantitative estimate of drug-likeness (QED) is 0.882. The van der Waals surface area contributed by atoms with E-state index in [2.05, 4.69) is 32.2 Å². The highest BCUT2D eigenvalue weighted by Crippen LogP contribution is 2.32. The number of aliphatic hydroxyl groups is 1. The second kappa shape index (κ2) is 6.26. The van der Waals surface area contributed by atoms with E-state index in [4.69, 9.17) is 0 Å². The van der Waals surface area contributed by atoms with Crippen molar-refractivity contribution in [3.05, 3.63) is 17.5 Å². The molecule has 1 aliphatic heterocycles. The van der Waals surface area contributed by atoms with Crippen LogP contribution in [0.5, 0.6) is 0 Å². The Labute approximate surface area is 129 Å². The molecule has 2 aliphatic rings. The van der Waals surface area contributed by atoms with Crippen LogP contribution >= 0.6 is 0 Å². The predicted molar refractivity (Wildman–Crippen MR) is 82.0 cm³/mol. The van der Waals surface area contributed by atoms with Crippen molar-refractivity contribution in [1.82, 2.24) is 19.9 Å². The van der Waals surface area contributed by atoms with Gasteiger partial charge in [-0.3, -0.25) is 0 Å². The minimum absolute atomic E-state index is 0.301. The Bertz CT molecular complexity index is 591. The molecule has 0 radical (unpaired) electrons. The molecule has 6 nitrogen and oxygen atoms in total. The molecule has 0 bridgehead atoms. The number of allylic oxidation sites excluding steroid dienone is 1. The van der Waals surface area contributed by atoms with Crippen LogP contribution in [0.2, 0.25) is 0 Å². The van der Waals surface area contributed by atoms with E-state index in [0.29, 0.717) is 42.1 Å². The zero-order valence-electron chi connectivity index (χ0n) is 13.0. The van der Waals surface area contributed by atoms with Gasteiger partial charge in [-0.15, -0.1) is 0 Å². The second-order valence-corrected chi connectivity index (χ2v) is 6.16. The first-order valence-electron chi connectivity index (χ1n) is 7.77. The zero-order chi connectivity index (χ0) is 15.7. The summed E-state index contributed by atoms with van der Waals surface area (Å²) < 4.78 is 14.1. The van der Waals surface area contributed by atoms with Gasteiger partial charge in [0.2, 0.25) is 5.95 Å². The number of likely N-dealkylation sites (tertiary alicyclic amines) is 1. The lowest BCUT2D eigenvalue weighted by atomic mass is 9.96. The first-order valence-corrected chi connectivity index (χ1v) is 7.77. The van der Waals surface area contributed by atoms with Gasteiger partial charge in [0.15, 0.2) is 5.82 Å². The Morgan fingerprint density at radius 3 is 2.82 bits per heavy atom.